The second kappa shape index (κ2) is 7.26. The van der Waals surface area contributed by atoms with Gasteiger partial charge in [0.15, 0.2) is 0 Å². The van der Waals surface area contributed by atoms with Crippen LogP contribution >= 0.6 is 0 Å². The summed E-state index contributed by atoms with van der Waals surface area (Å²) in [5.41, 5.74) is 5.72. The second-order valence-corrected chi connectivity index (χ2v) is 5.40. The Bertz CT molecular complexity index is 319. The predicted octanol–water partition coefficient (Wildman–Crippen LogP) is 1.93. The largest absolute Gasteiger partial charge is 0.406 e. The van der Waals surface area contributed by atoms with Crippen molar-refractivity contribution in [1.29, 1.82) is 0 Å². The van der Waals surface area contributed by atoms with Crippen LogP contribution < -0.4 is 5.73 Å². The lowest BCUT2D eigenvalue weighted by atomic mass is 10.1. The number of alkyl halides is 3. The third-order valence-corrected chi connectivity index (χ3v) is 3.61. The Morgan fingerprint density at radius 3 is 2.50 bits per heavy atom. The topological polar surface area (TPSA) is 55.6 Å². The van der Waals surface area contributed by atoms with Gasteiger partial charge in [-0.3, -0.25) is 4.79 Å². The van der Waals surface area contributed by atoms with Crippen LogP contribution in [0.2, 0.25) is 0 Å². The molecule has 2 N–H and O–H groups in total. The second-order valence-electron chi connectivity index (χ2n) is 5.40. The number of rotatable bonds is 8. The van der Waals surface area contributed by atoms with Gasteiger partial charge in [0, 0.05) is 19.8 Å². The molecule has 0 heterocycles. The van der Waals surface area contributed by atoms with Crippen molar-refractivity contribution in [2.24, 2.45) is 11.7 Å². The molecule has 1 rings (SSSR count). The highest BCUT2D eigenvalue weighted by Gasteiger charge is 2.41. The molecule has 1 saturated carbocycles. The predicted molar refractivity (Wildman–Crippen MR) is 69.0 cm³/mol. The number of nitrogens with two attached hydrogens (primary N) is 1. The zero-order valence-corrected chi connectivity index (χ0v) is 11.9. The van der Waals surface area contributed by atoms with E-state index in [0.29, 0.717) is 19.4 Å². The molecule has 0 bridgehead atoms. The first kappa shape index (κ1) is 17.2. The Kier molecular flexibility index (Phi) is 6.26. The van der Waals surface area contributed by atoms with Gasteiger partial charge in [-0.15, -0.1) is 0 Å². The third-order valence-electron chi connectivity index (χ3n) is 3.61. The molecule has 1 aliphatic carbocycles. The monoisotopic (exact) mass is 296 g/mol. The molecule has 118 valence electrons. The van der Waals surface area contributed by atoms with E-state index in [4.69, 9.17) is 10.5 Å². The van der Waals surface area contributed by atoms with Gasteiger partial charge < -0.3 is 15.4 Å². The van der Waals surface area contributed by atoms with Gasteiger partial charge >= 0.3 is 6.18 Å². The highest BCUT2D eigenvalue weighted by atomic mass is 19.4. The van der Waals surface area contributed by atoms with E-state index in [-0.39, 0.29) is 5.92 Å². The summed E-state index contributed by atoms with van der Waals surface area (Å²) in [6.45, 7) is 0.892. The van der Waals surface area contributed by atoms with Crippen LogP contribution in [0, 0.1) is 5.92 Å². The van der Waals surface area contributed by atoms with Gasteiger partial charge in [0.2, 0.25) is 5.91 Å². The van der Waals surface area contributed by atoms with Crippen LogP contribution in [0.15, 0.2) is 0 Å². The molecule has 0 radical (unpaired) electrons. The average molecular weight is 296 g/mol. The Balaban J connectivity index is 2.62. The van der Waals surface area contributed by atoms with Crippen LogP contribution in [-0.2, 0) is 9.53 Å². The van der Waals surface area contributed by atoms with E-state index in [0.717, 1.165) is 17.7 Å². The van der Waals surface area contributed by atoms with E-state index >= 15 is 0 Å². The molecule has 20 heavy (non-hydrogen) atoms. The molecule has 2 atom stereocenters. The molecule has 4 nitrogen and oxygen atoms in total. The van der Waals surface area contributed by atoms with Crippen LogP contribution in [0.5, 0.6) is 0 Å². The quantitative estimate of drug-likeness (QED) is 0.696. The Hall–Kier alpha value is -0.820. The Morgan fingerprint density at radius 2 is 2.05 bits per heavy atom. The smallest absolute Gasteiger partial charge is 0.385 e. The molecule has 0 spiro atoms. The minimum Gasteiger partial charge on any atom is -0.385 e. The summed E-state index contributed by atoms with van der Waals surface area (Å²) in [5, 5.41) is 0. The normalized spacial score (nSPS) is 18.7. The Morgan fingerprint density at radius 1 is 1.45 bits per heavy atom. The maximum atomic E-state index is 12.6. The van der Waals surface area contributed by atoms with E-state index in [1.807, 2.05) is 0 Å². The number of nitrogens with zero attached hydrogens (tertiary/aromatic N) is 1. The number of carbonyl (C=O) groups is 1. The SMILES string of the molecule is COCCCC(N)C(=O)N(CC(F)(F)F)C(C)C1CC1. The third kappa shape index (κ3) is 5.66. The zero-order valence-electron chi connectivity index (χ0n) is 11.9. The molecule has 1 amide bonds. The van der Waals surface area contributed by atoms with Crippen LogP contribution in [-0.4, -0.2) is 49.3 Å². The van der Waals surface area contributed by atoms with Gasteiger partial charge in [0.05, 0.1) is 6.04 Å². The maximum absolute atomic E-state index is 12.6. The fraction of sp³-hybridized carbons (Fsp3) is 0.923. The summed E-state index contributed by atoms with van der Waals surface area (Å²) in [7, 11) is 1.53. The lowest BCUT2D eigenvalue weighted by Gasteiger charge is -2.32. The highest BCUT2D eigenvalue weighted by Crippen LogP contribution is 2.36. The first-order valence-corrected chi connectivity index (χ1v) is 6.88. The van der Waals surface area contributed by atoms with Gasteiger partial charge in [-0.25, -0.2) is 0 Å². The van der Waals surface area contributed by atoms with E-state index in [9.17, 15) is 18.0 Å². The summed E-state index contributed by atoms with van der Waals surface area (Å²) in [5.74, 6) is -0.440. The molecule has 0 saturated heterocycles. The molecular formula is C13H23F3N2O2. The number of methoxy groups -OCH3 is 1. The van der Waals surface area contributed by atoms with Gasteiger partial charge in [-0.05, 0) is 38.5 Å². The van der Waals surface area contributed by atoms with E-state index in [2.05, 4.69) is 0 Å². The van der Waals surface area contributed by atoms with Crippen molar-refractivity contribution in [3.8, 4) is 0 Å². The van der Waals surface area contributed by atoms with E-state index in [1.165, 1.54) is 7.11 Å². The van der Waals surface area contributed by atoms with Crippen molar-refractivity contribution < 1.29 is 22.7 Å². The number of ether oxygens (including phenoxy) is 1. The molecule has 1 aliphatic rings. The summed E-state index contributed by atoms with van der Waals surface area (Å²) in [6.07, 6.45) is -1.76. The zero-order chi connectivity index (χ0) is 15.3. The first-order chi connectivity index (χ1) is 9.26. The molecule has 2 unspecified atom stereocenters. The minimum atomic E-state index is -4.40. The lowest BCUT2D eigenvalue weighted by molar-refractivity contribution is -0.166. The van der Waals surface area contributed by atoms with Crippen molar-refractivity contribution in [3.05, 3.63) is 0 Å². The minimum absolute atomic E-state index is 0.174. The molecule has 0 aromatic heterocycles. The van der Waals surface area contributed by atoms with Crippen LogP contribution in [0.1, 0.15) is 32.6 Å². The van der Waals surface area contributed by atoms with Crippen molar-refractivity contribution in [1.82, 2.24) is 4.90 Å². The molecule has 0 aromatic carbocycles. The molecular weight excluding hydrogens is 273 g/mol. The summed E-state index contributed by atoms with van der Waals surface area (Å²) < 4.78 is 42.7. The summed E-state index contributed by atoms with van der Waals surface area (Å²) >= 11 is 0. The number of halogens is 3. The number of hydrogen-bond acceptors (Lipinski definition) is 3. The van der Waals surface area contributed by atoms with Crippen molar-refractivity contribution in [3.63, 3.8) is 0 Å². The Labute approximate surface area is 117 Å². The molecule has 0 aromatic rings. The number of amides is 1. The number of hydrogen-bond donors (Lipinski definition) is 1. The van der Waals surface area contributed by atoms with Gasteiger partial charge in [0.1, 0.15) is 6.54 Å². The lowest BCUT2D eigenvalue weighted by Crippen LogP contribution is -2.51. The van der Waals surface area contributed by atoms with Gasteiger partial charge in [0.25, 0.3) is 0 Å². The van der Waals surface area contributed by atoms with Gasteiger partial charge in [-0.1, -0.05) is 0 Å². The molecule has 7 heteroatoms. The summed E-state index contributed by atoms with van der Waals surface area (Å²) in [4.78, 5) is 13.0. The first-order valence-electron chi connectivity index (χ1n) is 6.88. The summed E-state index contributed by atoms with van der Waals surface area (Å²) in [6, 6.07) is -1.30. The highest BCUT2D eigenvalue weighted by molar-refractivity contribution is 5.82. The van der Waals surface area contributed by atoms with Crippen molar-refractivity contribution >= 4 is 5.91 Å². The van der Waals surface area contributed by atoms with E-state index in [1.54, 1.807) is 6.92 Å². The fourth-order valence-electron chi connectivity index (χ4n) is 2.23. The standard InChI is InChI=1S/C13H23F3N2O2/c1-9(10-5-6-10)18(8-13(14,15)16)12(19)11(17)4-3-7-20-2/h9-11H,3-8,17H2,1-2H3. The van der Waals surface area contributed by atoms with Crippen molar-refractivity contribution in [2.45, 2.75) is 50.9 Å². The van der Waals surface area contributed by atoms with Crippen LogP contribution in [0.4, 0.5) is 13.2 Å². The maximum Gasteiger partial charge on any atom is 0.406 e. The number of carbonyl (C=O) groups excluding carboxylic acids is 1. The average Bonchev–Trinajstić information content (AvgIpc) is 3.17. The van der Waals surface area contributed by atoms with E-state index < -0.39 is 30.7 Å². The van der Waals surface area contributed by atoms with Crippen molar-refractivity contribution in [2.75, 3.05) is 20.3 Å². The molecule has 1 fully saturated rings. The molecule has 0 aliphatic heterocycles. The fourth-order valence-corrected chi connectivity index (χ4v) is 2.23. The van der Waals surface area contributed by atoms with Crippen LogP contribution in [0.25, 0.3) is 0 Å². The van der Waals surface area contributed by atoms with Crippen LogP contribution in [0.3, 0.4) is 0 Å². The van der Waals surface area contributed by atoms with Gasteiger partial charge in [-0.2, -0.15) is 13.2 Å².